The van der Waals surface area contributed by atoms with Crippen molar-refractivity contribution in [3.8, 4) is 17.1 Å². The quantitative estimate of drug-likeness (QED) is 0.342. The van der Waals surface area contributed by atoms with Crippen molar-refractivity contribution in [2.24, 2.45) is 5.10 Å². The first-order valence-corrected chi connectivity index (χ1v) is 9.41. The molecule has 7 heteroatoms. The fourth-order valence-electron chi connectivity index (χ4n) is 2.92. The predicted octanol–water partition coefficient (Wildman–Crippen LogP) is 5.41. The fraction of sp³-hybridized carbons (Fsp3) is 0.0500. The van der Waals surface area contributed by atoms with Gasteiger partial charge in [0.25, 0.3) is 0 Å². The number of fused-ring (bicyclic) bond motifs is 1. The zero-order valence-electron chi connectivity index (χ0n) is 14.4. The molecule has 0 fully saturated rings. The largest absolute Gasteiger partial charge is 0.496 e. The van der Waals surface area contributed by atoms with E-state index in [1.54, 1.807) is 18.0 Å². The number of rotatable bonds is 4. The Balaban J connectivity index is 1.86. The lowest BCUT2D eigenvalue weighted by molar-refractivity contribution is 0.415. The fourth-order valence-corrected chi connectivity index (χ4v) is 3.56. The summed E-state index contributed by atoms with van der Waals surface area (Å²) in [7, 11) is 1.65. The van der Waals surface area contributed by atoms with Gasteiger partial charge >= 0.3 is 0 Å². The van der Waals surface area contributed by atoms with Gasteiger partial charge < -0.3 is 4.74 Å². The van der Waals surface area contributed by atoms with Crippen LogP contribution in [0.15, 0.2) is 70.2 Å². The Morgan fingerprint density at radius 1 is 1.11 bits per heavy atom. The molecule has 0 aliphatic rings. The minimum absolute atomic E-state index is 0.413. The number of H-pyrrole nitrogens is 1. The van der Waals surface area contributed by atoms with Crippen molar-refractivity contribution in [1.82, 2.24) is 14.9 Å². The van der Waals surface area contributed by atoms with Gasteiger partial charge in [-0.25, -0.2) is 5.10 Å². The normalized spacial score (nSPS) is 11.3. The molecular weight excluding hydrogens is 424 g/mol. The van der Waals surface area contributed by atoms with E-state index in [2.05, 4.69) is 37.3 Å². The number of hydrogen-bond acceptors (Lipinski definition) is 4. The lowest BCUT2D eigenvalue weighted by atomic mass is 10.0. The maximum atomic E-state index is 5.53. The van der Waals surface area contributed by atoms with Gasteiger partial charge in [-0.1, -0.05) is 58.4 Å². The Labute approximate surface area is 169 Å². The summed E-state index contributed by atoms with van der Waals surface area (Å²) in [5, 5.41) is 13.9. The summed E-state index contributed by atoms with van der Waals surface area (Å²) < 4.78 is 8.47. The van der Waals surface area contributed by atoms with E-state index >= 15 is 0 Å². The van der Waals surface area contributed by atoms with E-state index < -0.39 is 0 Å². The van der Waals surface area contributed by atoms with Crippen LogP contribution in [0.2, 0.25) is 0 Å². The minimum Gasteiger partial charge on any atom is -0.496 e. The highest BCUT2D eigenvalue weighted by Crippen LogP contribution is 2.28. The second-order valence-corrected chi connectivity index (χ2v) is 7.03. The lowest BCUT2D eigenvalue weighted by Crippen LogP contribution is -1.98. The molecule has 1 heterocycles. The number of aromatic amines is 1. The molecule has 0 aliphatic carbocycles. The Hall–Kier alpha value is -2.77. The zero-order valence-corrected chi connectivity index (χ0v) is 16.8. The van der Waals surface area contributed by atoms with Crippen molar-refractivity contribution in [2.45, 2.75) is 0 Å². The number of nitrogens with zero attached hydrogens (tertiary/aromatic N) is 3. The van der Waals surface area contributed by atoms with E-state index in [9.17, 15) is 0 Å². The van der Waals surface area contributed by atoms with Crippen LogP contribution in [0.4, 0.5) is 0 Å². The molecule has 0 aliphatic heterocycles. The third-order valence-corrected chi connectivity index (χ3v) is 5.17. The van der Waals surface area contributed by atoms with Gasteiger partial charge in [-0.15, -0.1) is 0 Å². The van der Waals surface area contributed by atoms with Crippen LogP contribution in [0.25, 0.3) is 22.2 Å². The van der Waals surface area contributed by atoms with Crippen molar-refractivity contribution in [3.05, 3.63) is 75.5 Å². The molecule has 27 heavy (non-hydrogen) atoms. The molecule has 1 N–H and O–H groups in total. The minimum atomic E-state index is 0.413. The summed E-state index contributed by atoms with van der Waals surface area (Å²) in [6.45, 7) is 0. The summed E-state index contributed by atoms with van der Waals surface area (Å²) >= 11 is 8.93. The van der Waals surface area contributed by atoms with E-state index in [1.807, 2.05) is 54.6 Å². The smallest absolute Gasteiger partial charge is 0.216 e. The van der Waals surface area contributed by atoms with Crippen LogP contribution in [0.1, 0.15) is 5.56 Å². The van der Waals surface area contributed by atoms with Crippen molar-refractivity contribution >= 4 is 45.1 Å². The van der Waals surface area contributed by atoms with Gasteiger partial charge in [0.15, 0.2) is 5.82 Å². The van der Waals surface area contributed by atoms with E-state index in [1.165, 1.54) is 0 Å². The third-order valence-electron chi connectivity index (χ3n) is 4.22. The lowest BCUT2D eigenvalue weighted by Gasteiger charge is -2.08. The molecular formula is C20H15BrN4OS. The SMILES string of the molecule is COc1ccc2ccccc2c1C=Nn1c(-c2ccccc2Br)n[nH]c1=S. The number of aromatic nitrogens is 3. The first kappa shape index (κ1) is 17.6. The van der Waals surface area contributed by atoms with Crippen molar-refractivity contribution in [2.75, 3.05) is 7.11 Å². The van der Waals surface area contributed by atoms with Crippen molar-refractivity contribution in [1.29, 1.82) is 0 Å². The average Bonchev–Trinajstić information content (AvgIpc) is 3.06. The van der Waals surface area contributed by atoms with Gasteiger partial charge in [0.05, 0.1) is 13.3 Å². The molecule has 1 aromatic heterocycles. The van der Waals surface area contributed by atoms with Crippen molar-refractivity contribution < 1.29 is 4.74 Å². The monoisotopic (exact) mass is 438 g/mol. The van der Waals surface area contributed by atoms with Gasteiger partial charge in [0.1, 0.15) is 5.75 Å². The second-order valence-electron chi connectivity index (χ2n) is 5.79. The highest BCUT2D eigenvalue weighted by molar-refractivity contribution is 9.10. The van der Waals surface area contributed by atoms with Crippen LogP contribution in [-0.4, -0.2) is 28.2 Å². The molecule has 0 unspecified atom stereocenters. The highest BCUT2D eigenvalue weighted by Gasteiger charge is 2.12. The van der Waals surface area contributed by atoms with Crippen LogP contribution in [0, 0.1) is 4.77 Å². The summed E-state index contributed by atoms with van der Waals surface area (Å²) in [5.41, 5.74) is 1.78. The molecule has 134 valence electrons. The molecule has 5 nitrogen and oxygen atoms in total. The van der Waals surface area contributed by atoms with Crippen LogP contribution in [0.3, 0.4) is 0 Å². The molecule has 0 saturated heterocycles. The van der Waals surface area contributed by atoms with Gasteiger partial charge in [0.2, 0.25) is 4.77 Å². The molecule has 4 rings (SSSR count). The maximum absolute atomic E-state index is 5.53. The number of hydrogen-bond donors (Lipinski definition) is 1. The Kier molecular flexibility index (Phi) is 4.87. The summed E-state index contributed by atoms with van der Waals surface area (Å²) in [6, 6.07) is 19.9. The molecule has 0 spiro atoms. The molecule has 4 aromatic rings. The van der Waals surface area contributed by atoms with Crippen LogP contribution >= 0.6 is 28.1 Å². The number of benzene rings is 3. The van der Waals surface area contributed by atoms with Gasteiger partial charge in [0, 0.05) is 15.6 Å². The molecule has 0 atom stereocenters. The molecule has 0 radical (unpaired) electrons. The van der Waals surface area contributed by atoms with Crippen LogP contribution in [-0.2, 0) is 0 Å². The Bertz CT molecular complexity index is 1210. The summed E-state index contributed by atoms with van der Waals surface area (Å²) in [5.74, 6) is 1.37. The first-order chi connectivity index (χ1) is 13.2. The first-order valence-electron chi connectivity index (χ1n) is 8.21. The Morgan fingerprint density at radius 3 is 2.70 bits per heavy atom. The second kappa shape index (κ2) is 7.46. The van der Waals surface area contributed by atoms with E-state index in [4.69, 9.17) is 17.0 Å². The standard InChI is InChI=1S/C20H15BrN4OS/c1-26-18-11-10-13-6-2-3-7-14(13)16(18)12-22-25-19(23-24-20(25)27)15-8-4-5-9-17(15)21/h2-12H,1H3,(H,24,27). The number of methoxy groups -OCH3 is 1. The average molecular weight is 439 g/mol. The summed E-state index contributed by atoms with van der Waals surface area (Å²) in [6.07, 6.45) is 1.76. The third kappa shape index (κ3) is 3.31. The highest BCUT2D eigenvalue weighted by atomic mass is 79.9. The van der Waals surface area contributed by atoms with E-state index in [0.29, 0.717) is 10.6 Å². The topological polar surface area (TPSA) is 55.2 Å². The number of nitrogens with one attached hydrogen (secondary N) is 1. The molecule has 0 bridgehead atoms. The van der Waals surface area contributed by atoms with Crippen LogP contribution in [0.5, 0.6) is 5.75 Å². The van der Waals surface area contributed by atoms with Crippen LogP contribution < -0.4 is 4.74 Å². The van der Waals surface area contributed by atoms with E-state index in [-0.39, 0.29) is 0 Å². The number of halogens is 1. The van der Waals surface area contributed by atoms with E-state index in [0.717, 1.165) is 32.1 Å². The molecule has 0 saturated carbocycles. The molecule has 0 amide bonds. The van der Waals surface area contributed by atoms with Gasteiger partial charge in [-0.05, 0) is 41.2 Å². The molecule has 3 aromatic carbocycles. The van der Waals surface area contributed by atoms with Crippen molar-refractivity contribution in [3.63, 3.8) is 0 Å². The maximum Gasteiger partial charge on any atom is 0.216 e. The predicted molar refractivity (Wildman–Crippen MR) is 114 cm³/mol. The zero-order chi connectivity index (χ0) is 18.8. The number of ether oxygens (including phenoxy) is 1. The van der Waals surface area contributed by atoms with Gasteiger partial charge in [-0.3, -0.25) is 0 Å². The summed E-state index contributed by atoms with van der Waals surface area (Å²) in [4.78, 5) is 0. The van der Waals surface area contributed by atoms with Gasteiger partial charge in [-0.2, -0.15) is 14.9 Å². The Morgan fingerprint density at radius 2 is 1.89 bits per heavy atom.